The Bertz CT molecular complexity index is 753. The second-order valence-electron chi connectivity index (χ2n) is 9.08. The first-order chi connectivity index (χ1) is 14.2. The molecule has 1 saturated heterocycles. The number of likely N-dealkylation sites (N-methyl/N-ethyl adjacent to an activating group) is 1. The van der Waals surface area contributed by atoms with Gasteiger partial charge in [-0.25, -0.2) is 4.79 Å². The third kappa shape index (κ3) is 5.36. The molecule has 1 N–H and O–H groups in total. The molecule has 3 atom stereocenters. The quantitative estimate of drug-likeness (QED) is 0.707. The summed E-state index contributed by atoms with van der Waals surface area (Å²) < 4.78 is 31.7. The number of aliphatic imine (C=N–C) groups is 1. The van der Waals surface area contributed by atoms with E-state index >= 15 is 0 Å². The minimum Gasteiger partial charge on any atom is -0.475 e. The second kappa shape index (κ2) is 9.13. The molecular formula is C20H31F3N4O4. The number of likely N-dealkylation sites (tertiary alicyclic amines) is 1. The molecule has 8 nitrogen and oxygen atoms in total. The van der Waals surface area contributed by atoms with Crippen LogP contribution >= 0.6 is 0 Å². The monoisotopic (exact) mass is 448 g/mol. The van der Waals surface area contributed by atoms with Crippen LogP contribution in [-0.4, -0.2) is 95.4 Å². The van der Waals surface area contributed by atoms with Crippen LogP contribution in [0.4, 0.5) is 13.2 Å². The number of carbonyl (C=O) groups excluding carboxylic acids is 2. The van der Waals surface area contributed by atoms with Gasteiger partial charge in [-0.15, -0.1) is 0 Å². The summed E-state index contributed by atoms with van der Waals surface area (Å²) in [6.45, 7) is 9.14. The van der Waals surface area contributed by atoms with Gasteiger partial charge in [0.2, 0.25) is 5.91 Å². The van der Waals surface area contributed by atoms with Crippen LogP contribution in [0.1, 0.15) is 33.6 Å². The molecule has 0 aromatic heterocycles. The van der Waals surface area contributed by atoms with Crippen molar-refractivity contribution in [2.24, 2.45) is 22.7 Å². The summed E-state index contributed by atoms with van der Waals surface area (Å²) in [4.78, 5) is 44.7. The zero-order valence-corrected chi connectivity index (χ0v) is 18.6. The van der Waals surface area contributed by atoms with Crippen molar-refractivity contribution in [1.82, 2.24) is 14.7 Å². The molecule has 0 unspecified atom stereocenters. The van der Waals surface area contributed by atoms with Gasteiger partial charge in [-0.05, 0) is 31.6 Å². The number of fused-ring (bicyclic) bond motifs is 2. The van der Waals surface area contributed by atoms with Crippen LogP contribution < -0.4 is 0 Å². The first-order valence-electron chi connectivity index (χ1n) is 10.3. The second-order valence-corrected chi connectivity index (χ2v) is 9.08. The lowest BCUT2D eigenvalue weighted by Crippen LogP contribution is -2.47. The fraction of sp³-hybridized carbons (Fsp3) is 0.800. The molecule has 11 heteroatoms. The van der Waals surface area contributed by atoms with Crippen molar-refractivity contribution in [2.75, 3.05) is 40.3 Å². The molecule has 1 aliphatic carbocycles. The van der Waals surface area contributed by atoms with Crippen molar-refractivity contribution in [3.05, 3.63) is 0 Å². The predicted molar refractivity (Wildman–Crippen MR) is 107 cm³/mol. The minimum atomic E-state index is -5.08. The highest BCUT2D eigenvalue weighted by atomic mass is 19.4. The summed E-state index contributed by atoms with van der Waals surface area (Å²) in [6, 6.07) is 0. The summed E-state index contributed by atoms with van der Waals surface area (Å²) in [6.07, 6.45) is -3.18. The maximum Gasteiger partial charge on any atom is 0.490 e. The first-order valence-corrected chi connectivity index (χ1v) is 10.3. The van der Waals surface area contributed by atoms with E-state index in [1.54, 1.807) is 19.0 Å². The lowest BCUT2D eigenvalue weighted by Gasteiger charge is -2.29. The van der Waals surface area contributed by atoms with Gasteiger partial charge >= 0.3 is 12.1 Å². The third-order valence-corrected chi connectivity index (χ3v) is 6.04. The van der Waals surface area contributed by atoms with Crippen LogP contribution in [0.25, 0.3) is 0 Å². The standard InChI is InChI=1S/C18H30N4O2.C2HF3O2/c1-12(2)8-22-13(3)19-18(17(22)24)7-6-14-9-21(10-15(14)18)11-16(23)20(4)5;3-2(4,5)1(6)7/h12,14-15H,6-11H2,1-5H3;(H,6,7)/t14-,15+,18-;/m1./s1. The topological polar surface area (TPSA) is 93.5 Å². The fourth-order valence-corrected chi connectivity index (χ4v) is 4.61. The van der Waals surface area contributed by atoms with Crippen LogP contribution in [0, 0.1) is 17.8 Å². The highest BCUT2D eigenvalue weighted by Gasteiger charge is 2.60. The lowest BCUT2D eigenvalue weighted by molar-refractivity contribution is -0.192. The molecule has 3 aliphatic rings. The van der Waals surface area contributed by atoms with Crippen LogP contribution in [0.3, 0.4) is 0 Å². The molecule has 1 saturated carbocycles. The Morgan fingerprint density at radius 2 is 1.87 bits per heavy atom. The summed E-state index contributed by atoms with van der Waals surface area (Å²) in [5, 5.41) is 7.12. The molecule has 1 spiro atoms. The zero-order chi connectivity index (χ0) is 23.7. The van der Waals surface area contributed by atoms with Crippen molar-refractivity contribution in [3.63, 3.8) is 0 Å². The third-order valence-electron chi connectivity index (χ3n) is 6.04. The largest absolute Gasteiger partial charge is 0.490 e. The Kier molecular flexibility index (Phi) is 7.39. The van der Waals surface area contributed by atoms with Crippen molar-refractivity contribution in [1.29, 1.82) is 0 Å². The Morgan fingerprint density at radius 3 is 2.35 bits per heavy atom. The number of alkyl halides is 3. The van der Waals surface area contributed by atoms with Gasteiger partial charge in [0.25, 0.3) is 5.91 Å². The average molecular weight is 448 g/mol. The molecule has 2 aliphatic heterocycles. The van der Waals surface area contributed by atoms with E-state index in [0.29, 0.717) is 18.4 Å². The van der Waals surface area contributed by atoms with Crippen molar-refractivity contribution >= 4 is 23.6 Å². The number of hydrogen-bond donors (Lipinski definition) is 1. The van der Waals surface area contributed by atoms with E-state index in [4.69, 9.17) is 14.9 Å². The minimum absolute atomic E-state index is 0.128. The summed E-state index contributed by atoms with van der Waals surface area (Å²) in [5.74, 6) is -0.384. The molecule has 0 radical (unpaired) electrons. The Morgan fingerprint density at radius 1 is 1.29 bits per heavy atom. The number of amides is 2. The zero-order valence-electron chi connectivity index (χ0n) is 18.6. The molecule has 0 aromatic rings. The van der Waals surface area contributed by atoms with E-state index < -0.39 is 17.7 Å². The number of hydrogen-bond acceptors (Lipinski definition) is 5. The van der Waals surface area contributed by atoms with Crippen LogP contribution in [-0.2, 0) is 14.4 Å². The van der Waals surface area contributed by atoms with Gasteiger partial charge in [-0.1, -0.05) is 13.8 Å². The van der Waals surface area contributed by atoms with E-state index in [-0.39, 0.29) is 17.7 Å². The number of carbonyl (C=O) groups is 3. The van der Waals surface area contributed by atoms with E-state index in [0.717, 1.165) is 38.3 Å². The Balaban J connectivity index is 0.000000423. The molecule has 2 heterocycles. The number of carboxylic acid groups (broad SMARTS) is 1. The van der Waals surface area contributed by atoms with Crippen molar-refractivity contribution in [2.45, 2.75) is 45.3 Å². The van der Waals surface area contributed by atoms with Crippen LogP contribution in [0.5, 0.6) is 0 Å². The number of rotatable bonds is 4. The van der Waals surface area contributed by atoms with Gasteiger partial charge in [0, 0.05) is 39.6 Å². The highest BCUT2D eigenvalue weighted by Crippen LogP contribution is 2.50. The van der Waals surface area contributed by atoms with Gasteiger partial charge in [-0.3, -0.25) is 24.4 Å². The maximum atomic E-state index is 13.2. The van der Waals surface area contributed by atoms with Gasteiger partial charge in [0.05, 0.1) is 6.54 Å². The van der Waals surface area contributed by atoms with Crippen LogP contribution in [0.2, 0.25) is 0 Å². The van der Waals surface area contributed by atoms with E-state index in [2.05, 4.69) is 18.7 Å². The van der Waals surface area contributed by atoms with Gasteiger partial charge in [0.15, 0.2) is 0 Å². The van der Waals surface area contributed by atoms with E-state index in [9.17, 15) is 22.8 Å². The number of halogens is 3. The predicted octanol–water partition coefficient (Wildman–Crippen LogP) is 1.71. The molecule has 176 valence electrons. The van der Waals surface area contributed by atoms with Gasteiger partial charge in [-0.2, -0.15) is 13.2 Å². The van der Waals surface area contributed by atoms with E-state index in [1.807, 2.05) is 11.8 Å². The molecule has 2 amide bonds. The Labute approximate surface area is 180 Å². The molecule has 3 rings (SSSR count). The Hall–Kier alpha value is -2.17. The number of carboxylic acids is 1. The normalized spacial score (nSPS) is 28.0. The number of nitrogens with zero attached hydrogens (tertiary/aromatic N) is 4. The van der Waals surface area contributed by atoms with Gasteiger partial charge in [0.1, 0.15) is 11.4 Å². The van der Waals surface area contributed by atoms with E-state index in [1.165, 1.54) is 0 Å². The summed E-state index contributed by atoms with van der Waals surface area (Å²) in [5.41, 5.74) is -0.556. The summed E-state index contributed by atoms with van der Waals surface area (Å²) in [7, 11) is 3.58. The average Bonchev–Trinajstić information content (AvgIpc) is 3.24. The number of aliphatic carboxylic acids is 1. The van der Waals surface area contributed by atoms with Gasteiger partial charge < -0.3 is 10.0 Å². The summed E-state index contributed by atoms with van der Waals surface area (Å²) >= 11 is 0. The SMILES string of the molecule is CC1=N[C@@]2(CC[C@@H]3CN(CC(=O)N(C)C)C[C@@H]32)C(=O)N1CC(C)C.O=C(O)C(F)(F)F. The number of amidine groups is 1. The first kappa shape index (κ1) is 25.1. The lowest BCUT2D eigenvalue weighted by atomic mass is 9.85. The molecule has 0 bridgehead atoms. The highest BCUT2D eigenvalue weighted by molar-refractivity contribution is 6.07. The molecular weight excluding hydrogens is 417 g/mol. The van der Waals surface area contributed by atoms with Crippen LogP contribution in [0.15, 0.2) is 4.99 Å². The fourth-order valence-electron chi connectivity index (χ4n) is 4.61. The van der Waals surface area contributed by atoms with Crippen molar-refractivity contribution in [3.8, 4) is 0 Å². The maximum absolute atomic E-state index is 13.2. The smallest absolute Gasteiger partial charge is 0.475 e. The molecule has 31 heavy (non-hydrogen) atoms. The van der Waals surface area contributed by atoms with Crippen molar-refractivity contribution < 1.29 is 32.7 Å². The molecule has 0 aromatic carbocycles. The molecule has 2 fully saturated rings.